The maximum Gasteiger partial charge on any atom is 0.270 e. The van der Waals surface area contributed by atoms with Crippen molar-refractivity contribution >= 4 is 17.2 Å². The fourth-order valence-electron chi connectivity index (χ4n) is 1.96. The second kappa shape index (κ2) is 8.60. The van der Waals surface area contributed by atoms with Crippen LogP contribution in [0.3, 0.4) is 0 Å². The van der Waals surface area contributed by atoms with Gasteiger partial charge in [-0.25, -0.2) is 9.37 Å². The minimum atomic E-state index is -0.245. The van der Waals surface area contributed by atoms with Crippen LogP contribution in [0.15, 0.2) is 29.6 Å². The third-order valence-corrected chi connectivity index (χ3v) is 3.95. The van der Waals surface area contributed by atoms with Crippen molar-refractivity contribution in [2.24, 2.45) is 0 Å². The first-order valence-corrected chi connectivity index (χ1v) is 8.25. The van der Waals surface area contributed by atoms with Crippen LogP contribution >= 0.6 is 11.3 Å². The van der Waals surface area contributed by atoms with E-state index in [9.17, 15) is 9.18 Å². The highest BCUT2D eigenvalue weighted by atomic mass is 32.1. The van der Waals surface area contributed by atoms with Gasteiger partial charge in [-0.2, -0.15) is 0 Å². The zero-order valence-corrected chi connectivity index (χ0v) is 13.4. The zero-order chi connectivity index (χ0) is 15.8. The van der Waals surface area contributed by atoms with Crippen molar-refractivity contribution in [3.8, 4) is 0 Å². The van der Waals surface area contributed by atoms with Crippen LogP contribution in [0.5, 0.6) is 0 Å². The van der Waals surface area contributed by atoms with E-state index in [2.05, 4.69) is 22.5 Å². The molecule has 0 aliphatic carbocycles. The van der Waals surface area contributed by atoms with Crippen molar-refractivity contribution in [1.29, 1.82) is 0 Å². The van der Waals surface area contributed by atoms with E-state index in [0.717, 1.165) is 24.5 Å². The first-order valence-electron chi connectivity index (χ1n) is 7.37. The van der Waals surface area contributed by atoms with E-state index in [0.29, 0.717) is 24.2 Å². The summed E-state index contributed by atoms with van der Waals surface area (Å²) in [5, 5.41) is 8.48. The Bertz CT molecular complexity index is 615. The number of nitrogens with zero attached hydrogens (tertiary/aromatic N) is 1. The minimum absolute atomic E-state index is 0.186. The Morgan fingerprint density at radius 3 is 2.86 bits per heavy atom. The molecule has 0 radical (unpaired) electrons. The summed E-state index contributed by atoms with van der Waals surface area (Å²) in [5.74, 6) is -0.431. The van der Waals surface area contributed by atoms with Gasteiger partial charge in [0.1, 0.15) is 11.5 Å². The molecule has 0 fully saturated rings. The van der Waals surface area contributed by atoms with Gasteiger partial charge >= 0.3 is 0 Å². The summed E-state index contributed by atoms with van der Waals surface area (Å²) in [6.45, 7) is 4.35. The van der Waals surface area contributed by atoms with Gasteiger partial charge in [0, 0.05) is 24.9 Å². The molecule has 0 aliphatic heterocycles. The van der Waals surface area contributed by atoms with Crippen LogP contribution in [0.2, 0.25) is 0 Å². The van der Waals surface area contributed by atoms with Crippen LogP contribution in [-0.2, 0) is 6.42 Å². The lowest BCUT2D eigenvalue weighted by molar-refractivity contribution is 0.0949. The van der Waals surface area contributed by atoms with Crippen LogP contribution in [-0.4, -0.2) is 30.5 Å². The smallest absolute Gasteiger partial charge is 0.270 e. The number of hydrogen-bond donors (Lipinski definition) is 2. The average molecular weight is 321 g/mol. The molecular formula is C16H20FN3OS. The number of aromatic nitrogens is 1. The van der Waals surface area contributed by atoms with Crippen molar-refractivity contribution in [2.45, 2.75) is 19.8 Å². The lowest BCUT2D eigenvalue weighted by Gasteiger charge is -2.04. The summed E-state index contributed by atoms with van der Waals surface area (Å²) in [6, 6.07) is 6.62. The highest BCUT2D eigenvalue weighted by molar-refractivity contribution is 7.09. The molecule has 2 N–H and O–H groups in total. The summed E-state index contributed by atoms with van der Waals surface area (Å²) < 4.78 is 13.6. The van der Waals surface area contributed by atoms with Gasteiger partial charge < -0.3 is 10.6 Å². The molecule has 0 spiro atoms. The number of carbonyl (C=O) groups is 1. The monoisotopic (exact) mass is 321 g/mol. The van der Waals surface area contributed by atoms with Gasteiger partial charge in [-0.3, -0.25) is 4.79 Å². The molecule has 118 valence electrons. The quantitative estimate of drug-likeness (QED) is 0.735. The topological polar surface area (TPSA) is 54.0 Å². The molecule has 1 aromatic heterocycles. The molecule has 0 saturated heterocycles. The van der Waals surface area contributed by atoms with Crippen molar-refractivity contribution in [2.75, 3.05) is 19.6 Å². The van der Waals surface area contributed by atoms with Gasteiger partial charge in [0.25, 0.3) is 5.91 Å². The molecule has 0 atom stereocenters. The fraction of sp³-hybridized carbons (Fsp3) is 0.375. The molecule has 1 heterocycles. The van der Waals surface area contributed by atoms with Crippen LogP contribution in [0, 0.1) is 5.82 Å². The molecule has 1 aromatic carbocycles. The average Bonchev–Trinajstić information content (AvgIpc) is 2.98. The Hall–Kier alpha value is -1.79. The molecule has 0 unspecified atom stereocenters. The molecule has 2 aromatic rings. The van der Waals surface area contributed by atoms with E-state index in [-0.39, 0.29) is 11.7 Å². The van der Waals surface area contributed by atoms with Gasteiger partial charge in [-0.15, -0.1) is 11.3 Å². The fourth-order valence-corrected chi connectivity index (χ4v) is 2.76. The van der Waals surface area contributed by atoms with Crippen molar-refractivity contribution < 1.29 is 9.18 Å². The third kappa shape index (κ3) is 4.89. The van der Waals surface area contributed by atoms with Crippen LogP contribution < -0.4 is 10.6 Å². The van der Waals surface area contributed by atoms with E-state index in [1.807, 2.05) is 0 Å². The number of thiazole rings is 1. The normalized spacial score (nSPS) is 10.6. The van der Waals surface area contributed by atoms with Crippen LogP contribution in [0.1, 0.15) is 34.4 Å². The van der Waals surface area contributed by atoms with Crippen molar-refractivity contribution in [3.05, 3.63) is 51.7 Å². The van der Waals surface area contributed by atoms with E-state index >= 15 is 0 Å². The Morgan fingerprint density at radius 1 is 1.27 bits per heavy atom. The van der Waals surface area contributed by atoms with Gasteiger partial charge in [-0.05, 0) is 24.6 Å². The number of benzene rings is 1. The SMILES string of the molecule is CCCNCCNC(=O)c1csc(Cc2ccccc2F)n1. The molecule has 6 heteroatoms. The summed E-state index contributed by atoms with van der Waals surface area (Å²) >= 11 is 1.37. The molecule has 2 rings (SSSR count). The van der Waals surface area contributed by atoms with E-state index in [1.165, 1.54) is 17.4 Å². The van der Waals surface area contributed by atoms with Crippen molar-refractivity contribution in [1.82, 2.24) is 15.6 Å². The van der Waals surface area contributed by atoms with Gasteiger partial charge in [0.05, 0.1) is 5.01 Å². The highest BCUT2D eigenvalue weighted by Crippen LogP contribution is 2.16. The number of rotatable bonds is 8. The predicted octanol–water partition coefficient (Wildman–Crippen LogP) is 2.60. The lowest BCUT2D eigenvalue weighted by Crippen LogP contribution is -2.32. The summed E-state index contributed by atoms with van der Waals surface area (Å²) in [5.41, 5.74) is 0.986. The van der Waals surface area contributed by atoms with E-state index < -0.39 is 0 Å². The second-order valence-electron chi connectivity index (χ2n) is 4.90. The summed E-state index contributed by atoms with van der Waals surface area (Å²) in [7, 11) is 0. The van der Waals surface area contributed by atoms with Gasteiger partial charge in [0.15, 0.2) is 0 Å². The predicted molar refractivity (Wildman–Crippen MR) is 86.8 cm³/mol. The molecule has 0 aliphatic rings. The Labute approximate surface area is 133 Å². The van der Waals surface area contributed by atoms with Crippen LogP contribution in [0.4, 0.5) is 4.39 Å². The van der Waals surface area contributed by atoms with Gasteiger partial charge in [-0.1, -0.05) is 25.1 Å². The first-order chi connectivity index (χ1) is 10.7. The summed E-state index contributed by atoms with van der Waals surface area (Å²) in [4.78, 5) is 16.2. The largest absolute Gasteiger partial charge is 0.349 e. The molecule has 22 heavy (non-hydrogen) atoms. The molecule has 0 saturated carbocycles. The maximum absolute atomic E-state index is 13.6. The Balaban J connectivity index is 1.85. The molecule has 1 amide bonds. The van der Waals surface area contributed by atoms with E-state index in [4.69, 9.17) is 0 Å². The number of carbonyl (C=O) groups excluding carboxylic acids is 1. The summed E-state index contributed by atoms with van der Waals surface area (Å²) in [6.07, 6.45) is 1.47. The zero-order valence-electron chi connectivity index (χ0n) is 12.6. The number of hydrogen-bond acceptors (Lipinski definition) is 4. The third-order valence-electron chi connectivity index (χ3n) is 3.10. The standard InChI is InChI=1S/C16H20FN3OS/c1-2-7-18-8-9-19-16(21)14-11-22-15(20-14)10-12-5-3-4-6-13(12)17/h3-6,11,18H,2,7-10H2,1H3,(H,19,21). The maximum atomic E-state index is 13.6. The minimum Gasteiger partial charge on any atom is -0.349 e. The molecular weight excluding hydrogens is 301 g/mol. The van der Waals surface area contributed by atoms with Crippen LogP contribution in [0.25, 0.3) is 0 Å². The van der Waals surface area contributed by atoms with E-state index in [1.54, 1.807) is 23.6 Å². The highest BCUT2D eigenvalue weighted by Gasteiger charge is 2.11. The number of halogens is 1. The van der Waals surface area contributed by atoms with Gasteiger partial charge in [0.2, 0.25) is 0 Å². The number of amides is 1. The molecule has 0 bridgehead atoms. The van der Waals surface area contributed by atoms with Crippen molar-refractivity contribution in [3.63, 3.8) is 0 Å². The lowest BCUT2D eigenvalue weighted by atomic mass is 10.1. The first kappa shape index (κ1) is 16.6. The molecule has 4 nitrogen and oxygen atoms in total. The Morgan fingerprint density at radius 2 is 2.09 bits per heavy atom. The number of nitrogens with one attached hydrogen (secondary N) is 2. The Kier molecular flexibility index (Phi) is 6.48. The second-order valence-corrected chi connectivity index (χ2v) is 5.84.